The summed E-state index contributed by atoms with van der Waals surface area (Å²) < 4.78 is 10.8. The van der Waals surface area contributed by atoms with E-state index in [1.807, 2.05) is 43.1 Å². The Morgan fingerprint density at radius 3 is 2.62 bits per heavy atom. The molecule has 0 unspecified atom stereocenters. The summed E-state index contributed by atoms with van der Waals surface area (Å²) in [5.74, 6) is 0.547. The van der Waals surface area contributed by atoms with E-state index in [0.717, 1.165) is 37.0 Å². The van der Waals surface area contributed by atoms with Gasteiger partial charge in [-0.05, 0) is 57.4 Å². The van der Waals surface area contributed by atoms with E-state index in [-0.39, 0.29) is 18.4 Å². The molecule has 1 aromatic heterocycles. The molecule has 0 atom stereocenters. The summed E-state index contributed by atoms with van der Waals surface area (Å²) in [4.78, 5) is 28.7. The molecule has 0 fully saturated rings. The van der Waals surface area contributed by atoms with E-state index in [9.17, 15) is 9.59 Å². The van der Waals surface area contributed by atoms with Gasteiger partial charge in [0.05, 0.1) is 18.7 Å². The molecule has 0 spiro atoms. The number of methoxy groups -OCH3 is 1. The summed E-state index contributed by atoms with van der Waals surface area (Å²) in [6, 6.07) is 7.91. The van der Waals surface area contributed by atoms with Gasteiger partial charge in [-0.25, -0.2) is 0 Å². The molecular formula is C24H33N3O4S. The summed E-state index contributed by atoms with van der Waals surface area (Å²) >= 11 is 1.53. The number of hydrogen-bond donors (Lipinski definition) is 2. The highest BCUT2D eigenvalue weighted by Gasteiger charge is 2.26. The van der Waals surface area contributed by atoms with Crippen molar-refractivity contribution in [2.45, 2.75) is 32.6 Å². The number of aryl methyl sites for hydroxylation is 2. The number of carbonyl (C=O) groups is 2. The summed E-state index contributed by atoms with van der Waals surface area (Å²) in [6.45, 7) is 4.27. The number of ether oxygens (including phenoxy) is 2. The third-order valence-electron chi connectivity index (χ3n) is 5.42. The minimum Gasteiger partial charge on any atom is -0.492 e. The second-order valence-corrected chi connectivity index (χ2v) is 9.22. The van der Waals surface area contributed by atoms with Crippen molar-refractivity contribution in [3.05, 3.63) is 45.8 Å². The van der Waals surface area contributed by atoms with Crippen molar-refractivity contribution in [3.8, 4) is 5.75 Å². The molecule has 7 nitrogen and oxygen atoms in total. The number of nitrogens with zero attached hydrogens (tertiary/aromatic N) is 1. The zero-order valence-electron chi connectivity index (χ0n) is 19.2. The first kappa shape index (κ1) is 24.2. The van der Waals surface area contributed by atoms with Crippen LogP contribution in [-0.2, 0) is 22.4 Å². The van der Waals surface area contributed by atoms with Gasteiger partial charge in [-0.1, -0.05) is 17.7 Å². The van der Waals surface area contributed by atoms with Gasteiger partial charge >= 0.3 is 0 Å². The molecule has 1 aromatic carbocycles. The molecule has 1 heterocycles. The van der Waals surface area contributed by atoms with Crippen LogP contribution in [-0.4, -0.2) is 63.7 Å². The minimum atomic E-state index is -0.142. The number of fused-ring (bicyclic) bond motifs is 1. The lowest BCUT2D eigenvalue weighted by molar-refractivity contribution is -0.117. The number of likely N-dealkylation sites (N-methyl/N-ethyl adjacent to an activating group) is 1. The van der Waals surface area contributed by atoms with E-state index in [1.54, 1.807) is 7.11 Å². The minimum absolute atomic E-state index is 0.132. The molecule has 2 aromatic rings. The molecule has 1 aliphatic carbocycles. The zero-order chi connectivity index (χ0) is 22.9. The van der Waals surface area contributed by atoms with Crippen LogP contribution in [0.4, 0.5) is 5.00 Å². The SMILES string of the molecule is COCCNC(=O)c1c(NC(=O)CN(C)CCOc2ccc(C)cc2)sc2c1CCCC2. The van der Waals surface area contributed by atoms with Crippen molar-refractivity contribution in [2.75, 3.05) is 52.3 Å². The summed E-state index contributed by atoms with van der Waals surface area (Å²) in [5, 5.41) is 6.55. The molecule has 0 saturated heterocycles. The maximum absolute atomic E-state index is 12.8. The third-order valence-corrected chi connectivity index (χ3v) is 6.63. The Kier molecular flexibility index (Phi) is 9.08. The van der Waals surface area contributed by atoms with Gasteiger partial charge in [0.1, 0.15) is 17.4 Å². The van der Waals surface area contributed by atoms with Gasteiger partial charge in [0.15, 0.2) is 0 Å². The molecule has 0 bridgehead atoms. The van der Waals surface area contributed by atoms with Gasteiger partial charge in [-0.2, -0.15) is 0 Å². The van der Waals surface area contributed by atoms with E-state index >= 15 is 0 Å². The normalized spacial score (nSPS) is 13.0. The van der Waals surface area contributed by atoms with Gasteiger partial charge in [0, 0.05) is 25.1 Å². The van der Waals surface area contributed by atoms with Crippen LogP contribution in [0.25, 0.3) is 0 Å². The first-order valence-electron chi connectivity index (χ1n) is 11.1. The number of nitrogens with one attached hydrogen (secondary N) is 2. The maximum atomic E-state index is 12.8. The van der Waals surface area contributed by atoms with Gasteiger partial charge in [0.25, 0.3) is 5.91 Å². The Balaban J connectivity index is 1.55. The van der Waals surface area contributed by atoms with Crippen LogP contribution in [0.3, 0.4) is 0 Å². The highest BCUT2D eigenvalue weighted by atomic mass is 32.1. The molecule has 1 aliphatic rings. The fraction of sp³-hybridized carbons (Fsp3) is 0.500. The molecule has 8 heteroatoms. The predicted molar refractivity (Wildman–Crippen MR) is 128 cm³/mol. The largest absolute Gasteiger partial charge is 0.492 e. The molecule has 32 heavy (non-hydrogen) atoms. The number of thiophene rings is 1. The van der Waals surface area contributed by atoms with Crippen molar-refractivity contribution in [3.63, 3.8) is 0 Å². The number of amides is 2. The fourth-order valence-corrected chi connectivity index (χ4v) is 5.00. The lowest BCUT2D eigenvalue weighted by atomic mass is 9.95. The first-order chi connectivity index (χ1) is 15.5. The molecule has 2 N–H and O–H groups in total. The maximum Gasteiger partial charge on any atom is 0.254 e. The number of carbonyl (C=O) groups excluding carboxylic acids is 2. The molecular weight excluding hydrogens is 426 g/mol. The van der Waals surface area contributed by atoms with E-state index in [4.69, 9.17) is 9.47 Å². The van der Waals surface area contributed by atoms with Gasteiger partial charge < -0.3 is 20.1 Å². The number of anilines is 1. The molecule has 0 aliphatic heterocycles. The van der Waals surface area contributed by atoms with Crippen LogP contribution >= 0.6 is 11.3 Å². The van der Waals surface area contributed by atoms with Crippen molar-refractivity contribution < 1.29 is 19.1 Å². The molecule has 2 amide bonds. The molecule has 0 saturated carbocycles. The monoisotopic (exact) mass is 459 g/mol. The van der Waals surface area contributed by atoms with E-state index in [2.05, 4.69) is 10.6 Å². The van der Waals surface area contributed by atoms with E-state index in [0.29, 0.717) is 36.9 Å². The van der Waals surface area contributed by atoms with Crippen molar-refractivity contribution in [2.24, 2.45) is 0 Å². The first-order valence-corrected chi connectivity index (χ1v) is 11.9. The summed E-state index contributed by atoms with van der Waals surface area (Å²) in [5.41, 5.74) is 2.90. The van der Waals surface area contributed by atoms with E-state index < -0.39 is 0 Å². The smallest absolute Gasteiger partial charge is 0.254 e. The predicted octanol–water partition coefficient (Wildman–Crippen LogP) is 3.26. The van der Waals surface area contributed by atoms with Crippen LogP contribution in [0.5, 0.6) is 5.75 Å². The van der Waals surface area contributed by atoms with Crippen LogP contribution in [0.2, 0.25) is 0 Å². The van der Waals surface area contributed by atoms with Crippen LogP contribution < -0.4 is 15.4 Å². The topological polar surface area (TPSA) is 79.9 Å². The summed E-state index contributed by atoms with van der Waals surface area (Å²) in [6.07, 6.45) is 4.03. The summed E-state index contributed by atoms with van der Waals surface area (Å²) in [7, 11) is 3.49. The average Bonchev–Trinajstić information content (AvgIpc) is 3.12. The van der Waals surface area contributed by atoms with Crippen LogP contribution in [0.1, 0.15) is 39.2 Å². The number of rotatable bonds is 11. The number of hydrogen-bond acceptors (Lipinski definition) is 6. The van der Waals surface area contributed by atoms with Gasteiger partial charge in [0.2, 0.25) is 5.91 Å². The Hall–Kier alpha value is -2.42. The zero-order valence-corrected chi connectivity index (χ0v) is 20.0. The average molecular weight is 460 g/mol. The van der Waals surface area contributed by atoms with Crippen molar-refractivity contribution >= 4 is 28.2 Å². The second kappa shape index (κ2) is 12.0. The Morgan fingerprint density at radius 2 is 1.88 bits per heavy atom. The van der Waals surface area contributed by atoms with E-state index in [1.165, 1.54) is 21.8 Å². The highest BCUT2D eigenvalue weighted by molar-refractivity contribution is 7.17. The number of benzene rings is 1. The van der Waals surface area contributed by atoms with Crippen molar-refractivity contribution in [1.82, 2.24) is 10.2 Å². The molecule has 174 valence electrons. The van der Waals surface area contributed by atoms with Gasteiger partial charge in [-0.15, -0.1) is 11.3 Å². The quantitative estimate of drug-likeness (QED) is 0.504. The standard InChI is InChI=1S/C24H33N3O4S/c1-17-8-10-18(11-9-17)31-15-13-27(2)16-21(28)26-24-22(23(29)25-12-14-30-3)19-6-4-5-7-20(19)32-24/h8-11H,4-7,12-16H2,1-3H3,(H,25,29)(H,26,28). The lowest BCUT2D eigenvalue weighted by Gasteiger charge is -2.17. The van der Waals surface area contributed by atoms with Crippen LogP contribution in [0.15, 0.2) is 24.3 Å². The Bertz CT molecular complexity index is 911. The Morgan fingerprint density at radius 1 is 1.12 bits per heavy atom. The molecule has 0 radical (unpaired) electrons. The second-order valence-electron chi connectivity index (χ2n) is 8.11. The molecule has 3 rings (SSSR count). The highest BCUT2D eigenvalue weighted by Crippen LogP contribution is 2.38. The third kappa shape index (κ3) is 6.79. The van der Waals surface area contributed by atoms with Gasteiger partial charge in [-0.3, -0.25) is 14.5 Å². The van der Waals surface area contributed by atoms with Crippen LogP contribution in [0, 0.1) is 6.92 Å². The lowest BCUT2D eigenvalue weighted by Crippen LogP contribution is -2.33. The van der Waals surface area contributed by atoms with Crippen molar-refractivity contribution in [1.29, 1.82) is 0 Å². The Labute approximate surface area is 194 Å². The fourth-order valence-electron chi connectivity index (χ4n) is 3.69.